The Balaban J connectivity index is 2.36. The maximum absolute atomic E-state index is 13.3. The Morgan fingerprint density at radius 1 is 1.12 bits per heavy atom. The van der Waals surface area contributed by atoms with E-state index in [1.165, 1.54) is 7.11 Å². The quantitative estimate of drug-likeness (QED) is 0.620. The lowest BCUT2D eigenvalue weighted by Gasteiger charge is -2.12. The molecule has 0 aliphatic carbocycles. The number of rotatable bonds is 5. The van der Waals surface area contributed by atoms with Crippen LogP contribution in [0.5, 0.6) is 5.75 Å². The molecule has 1 aromatic heterocycles. The molecule has 0 spiro atoms. The van der Waals surface area contributed by atoms with Crippen molar-refractivity contribution in [2.24, 2.45) is 0 Å². The number of carboxylic acids is 1. The summed E-state index contributed by atoms with van der Waals surface area (Å²) in [6, 6.07) is 8.20. The average Bonchev–Trinajstić information content (AvgIpc) is 2.88. The fourth-order valence-corrected chi connectivity index (χ4v) is 3.64. The van der Waals surface area contributed by atoms with Crippen LogP contribution in [0.2, 0.25) is 10.0 Å². The molecule has 134 valence electrons. The zero-order chi connectivity index (χ0) is 19.0. The van der Waals surface area contributed by atoms with E-state index >= 15 is 0 Å². The summed E-state index contributed by atoms with van der Waals surface area (Å²) in [4.78, 5) is 27.7. The summed E-state index contributed by atoms with van der Waals surface area (Å²) in [5, 5.41) is 10.2. The monoisotopic (exact) mass is 391 g/mol. The van der Waals surface area contributed by atoms with E-state index in [4.69, 9.17) is 27.9 Å². The van der Waals surface area contributed by atoms with Crippen LogP contribution in [-0.4, -0.2) is 29.0 Å². The first-order valence-corrected chi connectivity index (χ1v) is 8.49. The Kier molecular flexibility index (Phi) is 4.94. The van der Waals surface area contributed by atoms with Crippen LogP contribution < -0.4 is 4.74 Å². The van der Waals surface area contributed by atoms with Crippen molar-refractivity contribution in [1.29, 1.82) is 0 Å². The lowest BCUT2D eigenvalue weighted by atomic mass is 9.95. The van der Waals surface area contributed by atoms with Gasteiger partial charge in [-0.3, -0.25) is 9.59 Å². The van der Waals surface area contributed by atoms with Gasteiger partial charge in [-0.2, -0.15) is 0 Å². The molecular weight excluding hydrogens is 377 g/mol. The minimum absolute atomic E-state index is 0.154. The molecule has 3 aromatic rings. The number of aryl methyl sites for hydroxylation is 1. The number of benzene rings is 2. The second-order valence-electron chi connectivity index (χ2n) is 5.79. The van der Waals surface area contributed by atoms with Crippen LogP contribution in [0.25, 0.3) is 10.9 Å². The summed E-state index contributed by atoms with van der Waals surface area (Å²) in [6.45, 7) is 1.77. The number of nitrogens with one attached hydrogen (secondary N) is 1. The Morgan fingerprint density at radius 3 is 2.35 bits per heavy atom. The van der Waals surface area contributed by atoms with Crippen molar-refractivity contribution in [2.75, 3.05) is 7.11 Å². The molecule has 2 N–H and O–H groups in total. The molecule has 0 aliphatic rings. The van der Waals surface area contributed by atoms with Crippen molar-refractivity contribution < 1.29 is 19.4 Å². The van der Waals surface area contributed by atoms with E-state index in [1.54, 1.807) is 37.3 Å². The lowest BCUT2D eigenvalue weighted by Crippen LogP contribution is -2.08. The summed E-state index contributed by atoms with van der Waals surface area (Å²) in [5.74, 6) is -1.09. The topological polar surface area (TPSA) is 79.4 Å². The summed E-state index contributed by atoms with van der Waals surface area (Å²) >= 11 is 12.4. The van der Waals surface area contributed by atoms with E-state index < -0.39 is 11.8 Å². The number of aromatic amines is 1. The largest absolute Gasteiger partial charge is 0.496 e. The highest BCUT2D eigenvalue weighted by Crippen LogP contribution is 2.37. The molecule has 26 heavy (non-hydrogen) atoms. The van der Waals surface area contributed by atoms with E-state index in [0.717, 1.165) is 0 Å². The van der Waals surface area contributed by atoms with Gasteiger partial charge in [-0.15, -0.1) is 0 Å². The van der Waals surface area contributed by atoms with Crippen LogP contribution in [0.4, 0.5) is 0 Å². The van der Waals surface area contributed by atoms with Crippen LogP contribution in [0.15, 0.2) is 30.3 Å². The molecule has 0 saturated heterocycles. The summed E-state index contributed by atoms with van der Waals surface area (Å²) in [6.07, 6.45) is -0.227. The van der Waals surface area contributed by atoms with Crippen LogP contribution in [-0.2, 0) is 11.2 Å². The van der Waals surface area contributed by atoms with Gasteiger partial charge in [-0.25, -0.2) is 0 Å². The van der Waals surface area contributed by atoms with Crippen LogP contribution in [0, 0.1) is 6.92 Å². The minimum Gasteiger partial charge on any atom is -0.496 e. The third-order valence-corrected chi connectivity index (χ3v) is 4.84. The predicted octanol–water partition coefficient (Wildman–Crippen LogP) is 4.65. The van der Waals surface area contributed by atoms with E-state index in [-0.39, 0.29) is 27.6 Å². The molecule has 0 fully saturated rings. The summed E-state index contributed by atoms with van der Waals surface area (Å²) in [5.41, 5.74) is 2.24. The maximum atomic E-state index is 13.3. The van der Waals surface area contributed by atoms with Gasteiger partial charge in [0.2, 0.25) is 0 Å². The molecule has 5 nitrogen and oxygen atoms in total. The minimum atomic E-state index is -0.994. The van der Waals surface area contributed by atoms with Gasteiger partial charge in [-0.1, -0.05) is 29.3 Å². The van der Waals surface area contributed by atoms with Crippen molar-refractivity contribution >= 4 is 45.9 Å². The number of aromatic nitrogens is 1. The molecule has 0 atom stereocenters. The molecule has 0 bridgehead atoms. The number of carbonyl (C=O) groups is 2. The Hall–Kier alpha value is -2.50. The number of hydrogen-bond acceptors (Lipinski definition) is 3. The SMILES string of the molecule is COc1ccc2[nH]c(C)c(CC(=O)O)c2c1C(=O)c1c(Cl)cccc1Cl. The van der Waals surface area contributed by atoms with E-state index in [0.29, 0.717) is 27.9 Å². The standard InChI is InChI=1S/C19H15Cl2NO4/c1-9-10(8-15(23)24)16-13(22-9)6-7-14(26-2)18(16)19(25)17-11(20)4-3-5-12(17)21/h3-7,22H,8H2,1-2H3,(H,23,24). The second kappa shape index (κ2) is 7.02. The highest BCUT2D eigenvalue weighted by atomic mass is 35.5. The molecule has 2 aromatic carbocycles. The molecule has 7 heteroatoms. The van der Waals surface area contributed by atoms with Crippen molar-refractivity contribution in [1.82, 2.24) is 4.98 Å². The number of ether oxygens (including phenoxy) is 1. The smallest absolute Gasteiger partial charge is 0.307 e. The molecular formula is C19H15Cl2NO4. The van der Waals surface area contributed by atoms with Gasteiger partial charge in [0.1, 0.15) is 5.75 Å². The number of H-pyrrole nitrogens is 1. The molecule has 0 unspecified atom stereocenters. The number of carboxylic acid groups (broad SMARTS) is 1. The number of ketones is 1. The molecule has 0 radical (unpaired) electrons. The van der Waals surface area contributed by atoms with Gasteiger partial charge in [0.15, 0.2) is 5.78 Å². The van der Waals surface area contributed by atoms with Gasteiger partial charge in [0.25, 0.3) is 0 Å². The Bertz CT molecular complexity index is 1020. The highest BCUT2D eigenvalue weighted by molar-refractivity contribution is 6.41. The summed E-state index contributed by atoms with van der Waals surface area (Å²) < 4.78 is 5.38. The molecule has 0 amide bonds. The number of fused-ring (bicyclic) bond motifs is 1. The Labute approximate surface area is 159 Å². The van der Waals surface area contributed by atoms with Crippen LogP contribution in [0.3, 0.4) is 0 Å². The van der Waals surface area contributed by atoms with Gasteiger partial charge < -0.3 is 14.8 Å². The predicted molar refractivity (Wildman–Crippen MR) is 101 cm³/mol. The van der Waals surface area contributed by atoms with Gasteiger partial charge in [0.05, 0.1) is 34.7 Å². The molecule has 0 saturated carbocycles. The maximum Gasteiger partial charge on any atom is 0.307 e. The van der Waals surface area contributed by atoms with Gasteiger partial charge in [0, 0.05) is 16.6 Å². The zero-order valence-corrected chi connectivity index (χ0v) is 15.5. The molecule has 1 heterocycles. The third-order valence-electron chi connectivity index (χ3n) is 4.21. The number of aliphatic carboxylic acids is 1. The van der Waals surface area contributed by atoms with E-state index in [2.05, 4.69) is 4.98 Å². The van der Waals surface area contributed by atoms with Crippen molar-refractivity contribution in [3.63, 3.8) is 0 Å². The molecule has 3 rings (SSSR count). The van der Waals surface area contributed by atoms with E-state index in [9.17, 15) is 14.7 Å². The first-order chi connectivity index (χ1) is 12.3. The van der Waals surface area contributed by atoms with Gasteiger partial charge in [-0.05, 0) is 36.8 Å². The first-order valence-electron chi connectivity index (χ1n) is 7.73. The number of methoxy groups -OCH3 is 1. The fourth-order valence-electron chi connectivity index (χ4n) is 3.07. The lowest BCUT2D eigenvalue weighted by molar-refractivity contribution is -0.136. The second-order valence-corrected chi connectivity index (χ2v) is 6.60. The van der Waals surface area contributed by atoms with Crippen molar-refractivity contribution in [3.8, 4) is 5.75 Å². The zero-order valence-electron chi connectivity index (χ0n) is 14.0. The van der Waals surface area contributed by atoms with Crippen molar-refractivity contribution in [2.45, 2.75) is 13.3 Å². The first kappa shape index (κ1) is 18.3. The fraction of sp³-hybridized carbons (Fsp3) is 0.158. The average molecular weight is 392 g/mol. The normalized spacial score (nSPS) is 10.9. The van der Waals surface area contributed by atoms with Crippen LogP contribution >= 0.6 is 23.2 Å². The Morgan fingerprint density at radius 2 is 1.77 bits per heavy atom. The van der Waals surface area contributed by atoms with Gasteiger partial charge >= 0.3 is 5.97 Å². The number of hydrogen-bond donors (Lipinski definition) is 2. The number of carbonyl (C=O) groups excluding carboxylic acids is 1. The molecule has 0 aliphatic heterocycles. The third kappa shape index (κ3) is 3.04. The number of halogens is 2. The van der Waals surface area contributed by atoms with E-state index in [1.807, 2.05) is 0 Å². The highest BCUT2D eigenvalue weighted by Gasteiger charge is 2.26. The van der Waals surface area contributed by atoms with Crippen molar-refractivity contribution in [3.05, 3.63) is 62.8 Å². The summed E-state index contributed by atoms with van der Waals surface area (Å²) in [7, 11) is 1.45. The van der Waals surface area contributed by atoms with Crippen LogP contribution in [0.1, 0.15) is 27.2 Å².